The number of fused-ring (bicyclic) bond motifs is 1. The number of pyridine rings is 1. The lowest BCUT2D eigenvalue weighted by Crippen LogP contribution is -2.37. The number of aromatic nitrogens is 3. The molecule has 2 aromatic rings. The van der Waals surface area contributed by atoms with Gasteiger partial charge in [-0.15, -0.1) is 0 Å². The first kappa shape index (κ1) is 14.1. The van der Waals surface area contributed by atoms with Crippen LogP contribution in [0.4, 0.5) is 10.2 Å². The van der Waals surface area contributed by atoms with Crippen LogP contribution in [0.15, 0.2) is 24.8 Å². The van der Waals surface area contributed by atoms with Crippen molar-refractivity contribution < 1.29 is 9.50 Å². The molecule has 0 aromatic carbocycles. The third-order valence-corrected chi connectivity index (χ3v) is 4.27. The number of aliphatic hydroxyl groups excluding tert-OH is 1. The Kier molecular flexibility index (Phi) is 3.96. The van der Waals surface area contributed by atoms with Crippen LogP contribution in [-0.4, -0.2) is 38.9 Å². The quantitative estimate of drug-likeness (QED) is 0.904. The van der Waals surface area contributed by atoms with Gasteiger partial charge < -0.3 is 10.4 Å². The second-order valence-corrected chi connectivity index (χ2v) is 5.75. The summed E-state index contributed by atoms with van der Waals surface area (Å²) in [6, 6.07) is 1.81. The minimum absolute atomic E-state index is 0.158. The Hall–Kier alpha value is -1.82. The lowest BCUT2D eigenvalue weighted by atomic mass is 9.80. The van der Waals surface area contributed by atoms with Crippen LogP contribution in [0.5, 0.6) is 0 Å². The van der Waals surface area contributed by atoms with Crippen LogP contribution in [0.2, 0.25) is 0 Å². The average molecular weight is 290 g/mol. The van der Waals surface area contributed by atoms with Crippen molar-refractivity contribution in [3.05, 3.63) is 24.8 Å². The molecule has 1 fully saturated rings. The molecule has 2 N–H and O–H groups in total. The van der Waals surface area contributed by atoms with Crippen LogP contribution in [0, 0.1) is 5.92 Å². The average Bonchev–Trinajstić information content (AvgIpc) is 2.54. The van der Waals surface area contributed by atoms with Gasteiger partial charge in [-0.05, 0) is 37.7 Å². The van der Waals surface area contributed by atoms with Crippen LogP contribution in [0.1, 0.15) is 25.7 Å². The van der Waals surface area contributed by atoms with Crippen molar-refractivity contribution in [2.45, 2.75) is 31.4 Å². The number of anilines is 1. The van der Waals surface area contributed by atoms with Gasteiger partial charge in [-0.25, -0.2) is 19.3 Å². The van der Waals surface area contributed by atoms with Gasteiger partial charge in [0.05, 0.1) is 17.4 Å². The van der Waals surface area contributed by atoms with Gasteiger partial charge in [0, 0.05) is 19.0 Å². The van der Waals surface area contributed by atoms with Gasteiger partial charge in [0.25, 0.3) is 0 Å². The van der Waals surface area contributed by atoms with E-state index in [2.05, 4.69) is 20.3 Å². The number of nitrogens with one attached hydrogen (secondary N) is 1. The van der Waals surface area contributed by atoms with Gasteiger partial charge in [0.1, 0.15) is 17.8 Å². The molecule has 3 rings (SSSR count). The first-order valence-corrected chi connectivity index (χ1v) is 7.28. The van der Waals surface area contributed by atoms with Crippen molar-refractivity contribution in [3.63, 3.8) is 0 Å². The molecule has 2 heterocycles. The second-order valence-electron chi connectivity index (χ2n) is 5.75. The predicted molar refractivity (Wildman–Crippen MR) is 78.7 cm³/mol. The number of alkyl halides is 1. The highest BCUT2D eigenvalue weighted by molar-refractivity contribution is 5.87. The van der Waals surface area contributed by atoms with E-state index in [9.17, 15) is 4.39 Å². The lowest BCUT2D eigenvalue weighted by Gasteiger charge is -2.33. The van der Waals surface area contributed by atoms with E-state index in [4.69, 9.17) is 5.11 Å². The van der Waals surface area contributed by atoms with Crippen molar-refractivity contribution in [1.82, 2.24) is 15.0 Å². The van der Waals surface area contributed by atoms with Gasteiger partial charge in [-0.3, -0.25) is 0 Å². The molecular formula is C15H19FN4O. The van der Waals surface area contributed by atoms with Gasteiger partial charge in [0.2, 0.25) is 0 Å². The molecule has 1 aliphatic rings. The zero-order chi connectivity index (χ0) is 14.7. The van der Waals surface area contributed by atoms with E-state index in [0.717, 1.165) is 23.7 Å². The Labute approximate surface area is 122 Å². The van der Waals surface area contributed by atoms with Gasteiger partial charge in [-0.1, -0.05) is 0 Å². The van der Waals surface area contributed by atoms with Crippen molar-refractivity contribution in [3.8, 4) is 0 Å². The minimum Gasteiger partial charge on any atom is -0.396 e. The molecule has 21 heavy (non-hydrogen) atoms. The summed E-state index contributed by atoms with van der Waals surface area (Å²) in [6.45, 7) is 0.387. The summed E-state index contributed by atoms with van der Waals surface area (Å²) in [5.74, 6) is 0.868. The summed E-state index contributed by atoms with van der Waals surface area (Å²) >= 11 is 0. The minimum atomic E-state index is -1.23. The smallest absolute Gasteiger partial charge is 0.137 e. The summed E-state index contributed by atoms with van der Waals surface area (Å²) in [5, 5.41) is 13.0. The largest absolute Gasteiger partial charge is 0.396 e. The fourth-order valence-electron chi connectivity index (χ4n) is 2.84. The number of rotatable bonds is 4. The molecule has 0 atom stereocenters. The normalized spacial score (nSPS) is 25.9. The highest BCUT2D eigenvalue weighted by Crippen LogP contribution is 2.35. The van der Waals surface area contributed by atoms with E-state index < -0.39 is 5.67 Å². The third kappa shape index (κ3) is 3.10. The van der Waals surface area contributed by atoms with Crippen LogP contribution < -0.4 is 5.32 Å². The predicted octanol–water partition coefficient (Wildman–Crippen LogP) is 2.33. The van der Waals surface area contributed by atoms with Crippen LogP contribution >= 0.6 is 0 Å². The third-order valence-electron chi connectivity index (χ3n) is 4.27. The Morgan fingerprint density at radius 1 is 1.33 bits per heavy atom. The highest BCUT2D eigenvalue weighted by Gasteiger charge is 2.35. The maximum atomic E-state index is 14.8. The number of hydrogen-bond donors (Lipinski definition) is 2. The molecule has 2 aromatic heterocycles. The van der Waals surface area contributed by atoms with Crippen molar-refractivity contribution in [1.29, 1.82) is 0 Å². The van der Waals surface area contributed by atoms with E-state index in [0.29, 0.717) is 18.7 Å². The summed E-state index contributed by atoms with van der Waals surface area (Å²) in [5.41, 5.74) is -0.440. The second kappa shape index (κ2) is 5.89. The number of hydrogen-bond acceptors (Lipinski definition) is 5. The molecular weight excluding hydrogens is 271 g/mol. The SMILES string of the molecule is OCC1CCC(F)(CNc2nccc3ncncc23)CC1. The van der Waals surface area contributed by atoms with Crippen molar-refractivity contribution in [2.24, 2.45) is 5.92 Å². The Bertz CT molecular complexity index is 608. The molecule has 6 heteroatoms. The standard InChI is InChI=1S/C15H19FN4O/c16-15(4-1-11(8-21)2-5-15)9-19-14-12-7-17-10-20-13(12)3-6-18-14/h3,6-7,10-11,21H,1-2,4-5,8-9H2,(H,18,19). The first-order valence-electron chi connectivity index (χ1n) is 7.28. The Balaban J connectivity index is 1.69. The van der Waals surface area contributed by atoms with E-state index in [1.54, 1.807) is 18.5 Å². The zero-order valence-electron chi connectivity index (χ0n) is 11.8. The van der Waals surface area contributed by atoms with Gasteiger partial charge in [0.15, 0.2) is 0 Å². The molecule has 0 aliphatic heterocycles. The number of nitrogens with zero attached hydrogens (tertiary/aromatic N) is 3. The Morgan fingerprint density at radius 3 is 2.90 bits per heavy atom. The molecule has 5 nitrogen and oxygen atoms in total. The Morgan fingerprint density at radius 2 is 2.14 bits per heavy atom. The lowest BCUT2D eigenvalue weighted by molar-refractivity contribution is 0.0747. The monoisotopic (exact) mass is 290 g/mol. The summed E-state index contributed by atoms with van der Waals surface area (Å²) < 4.78 is 14.8. The topological polar surface area (TPSA) is 70.9 Å². The fourth-order valence-corrected chi connectivity index (χ4v) is 2.84. The van der Waals surface area contributed by atoms with E-state index in [1.807, 2.05) is 0 Å². The van der Waals surface area contributed by atoms with E-state index in [1.165, 1.54) is 6.33 Å². The molecule has 0 saturated heterocycles. The highest BCUT2D eigenvalue weighted by atomic mass is 19.1. The van der Waals surface area contributed by atoms with Gasteiger partial charge in [-0.2, -0.15) is 0 Å². The van der Waals surface area contributed by atoms with Crippen LogP contribution in [0.25, 0.3) is 10.9 Å². The molecule has 1 saturated carbocycles. The molecule has 0 radical (unpaired) electrons. The summed E-state index contributed by atoms with van der Waals surface area (Å²) in [7, 11) is 0. The summed E-state index contributed by atoms with van der Waals surface area (Å²) in [4.78, 5) is 12.4. The van der Waals surface area contributed by atoms with Crippen LogP contribution in [0.3, 0.4) is 0 Å². The number of aliphatic hydroxyl groups is 1. The first-order chi connectivity index (χ1) is 10.2. The van der Waals surface area contributed by atoms with E-state index in [-0.39, 0.29) is 19.1 Å². The fraction of sp³-hybridized carbons (Fsp3) is 0.533. The van der Waals surface area contributed by atoms with Crippen molar-refractivity contribution >= 4 is 16.7 Å². The van der Waals surface area contributed by atoms with Gasteiger partial charge >= 0.3 is 0 Å². The maximum absolute atomic E-state index is 14.8. The maximum Gasteiger partial charge on any atom is 0.137 e. The van der Waals surface area contributed by atoms with Crippen LogP contribution in [-0.2, 0) is 0 Å². The van der Waals surface area contributed by atoms with E-state index >= 15 is 0 Å². The molecule has 112 valence electrons. The molecule has 0 bridgehead atoms. The van der Waals surface area contributed by atoms with Crippen molar-refractivity contribution in [2.75, 3.05) is 18.5 Å². The summed E-state index contributed by atoms with van der Waals surface area (Å²) in [6.07, 6.45) is 7.26. The number of halogens is 1. The zero-order valence-corrected chi connectivity index (χ0v) is 11.8. The molecule has 0 spiro atoms. The molecule has 1 aliphatic carbocycles. The molecule has 0 amide bonds. The molecule has 0 unspecified atom stereocenters.